The summed E-state index contributed by atoms with van der Waals surface area (Å²) < 4.78 is 3.40. The van der Waals surface area contributed by atoms with Gasteiger partial charge in [-0.05, 0) is 6.92 Å². The first-order valence-corrected chi connectivity index (χ1v) is 5.34. The minimum absolute atomic E-state index is 0.330. The zero-order valence-corrected chi connectivity index (χ0v) is 9.80. The van der Waals surface area contributed by atoms with E-state index in [4.69, 9.17) is 0 Å². The topological polar surface area (TPSA) is 72.7 Å². The second kappa shape index (κ2) is 4.40. The average Bonchev–Trinajstić information content (AvgIpc) is 2.68. The lowest BCUT2D eigenvalue weighted by molar-refractivity contribution is 0.611. The Hall–Kier alpha value is -2.11. The third kappa shape index (κ3) is 2.35. The van der Waals surface area contributed by atoms with Crippen LogP contribution >= 0.6 is 0 Å². The van der Waals surface area contributed by atoms with Crippen LogP contribution in [-0.4, -0.2) is 19.1 Å². The van der Waals surface area contributed by atoms with Crippen LogP contribution in [-0.2, 0) is 20.0 Å². The molecule has 0 aliphatic rings. The fourth-order valence-electron chi connectivity index (χ4n) is 1.64. The van der Waals surface area contributed by atoms with Crippen LogP contribution in [0.25, 0.3) is 0 Å². The monoisotopic (exact) mass is 234 g/mol. The summed E-state index contributed by atoms with van der Waals surface area (Å²) in [5.41, 5.74) is -0.178. The molecule has 1 N–H and O–H groups in total. The number of imidazole rings is 1. The van der Waals surface area contributed by atoms with Crippen LogP contribution in [0.5, 0.6) is 0 Å². The molecule has 0 aromatic carbocycles. The first-order valence-electron chi connectivity index (χ1n) is 5.34. The fraction of sp³-hybridized carbons (Fsp3) is 0.364. The van der Waals surface area contributed by atoms with Gasteiger partial charge in [0.2, 0.25) is 0 Å². The molecule has 0 saturated heterocycles. The summed E-state index contributed by atoms with van der Waals surface area (Å²) in [5.74, 6) is 0.903. The molecule has 0 aliphatic heterocycles. The average molecular weight is 234 g/mol. The molecular weight excluding hydrogens is 220 g/mol. The van der Waals surface area contributed by atoms with E-state index in [9.17, 15) is 9.59 Å². The molecule has 0 amide bonds. The number of hydrogen-bond donors (Lipinski definition) is 1. The van der Waals surface area contributed by atoms with Crippen LogP contribution in [0.15, 0.2) is 28.2 Å². The molecule has 90 valence electrons. The number of rotatable bonds is 3. The predicted molar refractivity (Wildman–Crippen MR) is 63.0 cm³/mol. The van der Waals surface area contributed by atoms with Gasteiger partial charge in [0.05, 0.1) is 0 Å². The molecule has 0 aliphatic carbocycles. The molecule has 0 fully saturated rings. The van der Waals surface area contributed by atoms with Crippen molar-refractivity contribution in [2.45, 2.75) is 19.9 Å². The van der Waals surface area contributed by atoms with E-state index in [1.54, 1.807) is 19.3 Å². The van der Waals surface area contributed by atoms with E-state index in [0.717, 1.165) is 5.82 Å². The minimum atomic E-state index is -0.380. The molecular formula is C11H14N4O2. The second-order valence-electron chi connectivity index (χ2n) is 3.97. The zero-order chi connectivity index (χ0) is 12.4. The number of aromatic nitrogens is 4. The summed E-state index contributed by atoms with van der Waals surface area (Å²) in [4.78, 5) is 29.2. The zero-order valence-electron chi connectivity index (χ0n) is 9.80. The van der Waals surface area contributed by atoms with E-state index in [2.05, 4.69) is 9.97 Å². The van der Waals surface area contributed by atoms with Crippen molar-refractivity contribution in [3.8, 4) is 0 Å². The number of H-pyrrole nitrogens is 1. The molecule has 2 aromatic rings. The maximum Gasteiger partial charge on any atom is 0.328 e. The van der Waals surface area contributed by atoms with Crippen LogP contribution < -0.4 is 11.2 Å². The van der Waals surface area contributed by atoms with Gasteiger partial charge in [-0.1, -0.05) is 0 Å². The van der Waals surface area contributed by atoms with Crippen molar-refractivity contribution in [3.63, 3.8) is 0 Å². The van der Waals surface area contributed by atoms with Crippen molar-refractivity contribution in [2.24, 2.45) is 7.05 Å². The Bertz CT molecular complexity index is 635. The number of aryl methyl sites for hydroxylation is 4. The molecule has 0 bridgehead atoms. The van der Waals surface area contributed by atoms with Crippen LogP contribution in [0.1, 0.15) is 11.4 Å². The molecule has 0 unspecified atom stereocenters. The van der Waals surface area contributed by atoms with Gasteiger partial charge in [0, 0.05) is 44.2 Å². The Morgan fingerprint density at radius 3 is 2.82 bits per heavy atom. The highest BCUT2D eigenvalue weighted by molar-refractivity contribution is 5.01. The molecule has 0 radical (unpaired) electrons. The molecule has 6 heteroatoms. The lowest BCUT2D eigenvalue weighted by atomic mass is 10.3. The van der Waals surface area contributed by atoms with Crippen molar-refractivity contribution in [1.82, 2.24) is 19.1 Å². The normalized spacial score (nSPS) is 10.7. The van der Waals surface area contributed by atoms with Gasteiger partial charge in [-0.2, -0.15) is 0 Å². The lowest BCUT2D eigenvalue weighted by Gasteiger charge is -2.05. The van der Waals surface area contributed by atoms with Gasteiger partial charge in [-0.3, -0.25) is 14.3 Å². The summed E-state index contributed by atoms with van der Waals surface area (Å²) in [6.45, 7) is 2.18. The predicted octanol–water partition coefficient (Wildman–Crippen LogP) is -0.179. The van der Waals surface area contributed by atoms with Gasteiger partial charge in [0.25, 0.3) is 5.56 Å². The highest BCUT2D eigenvalue weighted by Gasteiger charge is 2.03. The van der Waals surface area contributed by atoms with Gasteiger partial charge >= 0.3 is 5.69 Å². The van der Waals surface area contributed by atoms with Crippen LogP contribution in [0.2, 0.25) is 0 Å². The Labute approximate surface area is 97.6 Å². The van der Waals surface area contributed by atoms with E-state index < -0.39 is 0 Å². The first-order chi connectivity index (χ1) is 8.08. The number of hydrogen-bond acceptors (Lipinski definition) is 3. The van der Waals surface area contributed by atoms with E-state index in [0.29, 0.717) is 18.5 Å². The molecule has 2 heterocycles. The maximum absolute atomic E-state index is 11.5. The smallest absolute Gasteiger partial charge is 0.328 e. The molecule has 2 rings (SSSR count). The van der Waals surface area contributed by atoms with Gasteiger partial charge < -0.3 is 4.57 Å². The third-order valence-corrected chi connectivity index (χ3v) is 2.69. The summed E-state index contributed by atoms with van der Waals surface area (Å²) in [6.07, 6.45) is 5.80. The van der Waals surface area contributed by atoms with E-state index in [1.165, 1.54) is 4.57 Å². The van der Waals surface area contributed by atoms with E-state index >= 15 is 0 Å². The van der Waals surface area contributed by atoms with Gasteiger partial charge in [-0.15, -0.1) is 0 Å². The Morgan fingerprint density at radius 2 is 2.18 bits per heavy atom. The van der Waals surface area contributed by atoms with Gasteiger partial charge in [0.15, 0.2) is 0 Å². The van der Waals surface area contributed by atoms with Gasteiger partial charge in [-0.25, -0.2) is 9.78 Å². The second-order valence-corrected chi connectivity index (χ2v) is 3.97. The SMILES string of the molecule is Cc1cn(CCc2nccn2C)c(=O)[nH]c1=O. The van der Waals surface area contributed by atoms with Crippen molar-refractivity contribution < 1.29 is 0 Å². The van der Waals surface area contributed by atoms with Gasteiger partial charge in [0.1, 0.15) is 5.82 Å². The molecule has 0 saturated carbocycles. The Morgan fingerprint density at radius 1 is 1.41 bits per heavy atom. The molecule has 6 nitrogen and oxygen atoms in total. The van der Waals surface area contributed by atoms with Crippen molar-refractivity contribution in [2.75, 3.05) is 0 Å². The van der Waals surface area contributed by atoms with Crippen LogP contribution in [0.3, 0.4) is 0 Å². The van der Waals surface area contributed by atoms with E-state index in [-0.39, 0.29) is 11.2 Å². The highest BCUT2D eigenvalue weighted by atomic mass is 16.2. The largest absolute Gasteiger partial charge is 0.338 e. The van der Waals surface area contributed by atoms with Crippen molar-refractivity contribution in [1.29, 1.82) is 0 Å². The number of nitrogens with zero attached hydrogens (tertiary/aromatic N) is 3. The number of nitrogens with one attached hydrogen (secondary N) is 1. The van der Waals surface area contributed by atoms with E-state index in [1.807, 2.05) is 17.8 Å². The lowest BCUT2D eigenvalue weighted by Crippen LogP contribution is -2.31. The van der Waals surface area contributed by atoms with Crippen molar-refractivity contribution >= 4 is 0 Å². The van der Waals surface area contributed by atoms with Crippen molar-refractivity contribution in [3.05, 3.63) is 50.8 Å². The Balaban J connectivity index is 2.20. The number of aromatic amines is 1. The standard InChI is InChI=1S/C11H14N4O2/c1-8-7-15(11(17)13-10(8)16)5-3-9-12-4-6-14(9)2/h4,6-7H,3,5H2,1-2H3,(H,13,16,17). The summed E-state index contributed by atoms with van der Waals surface area (Å²) >= 11 is 0. The molecule has 0 atom stereocenters. The molecule has 2 aromatic heterocycles. The minimum Gasteiger partial charge on any atom is -0.338 e. The summed E-state index contributed by atoms with van der Waals surface area (Å²) in [7, 11) is 1.91. The maximum atomic E-state index is 11.5. The first kappa shape index (κ1) is 11.4. The third-order valence-electron chi connectivity index (χ3n) is 2.69. The highest BCUT2D eigenvalue weighted by Crippen LogP contribution is 1.97. The summed E-state index contributed by atoms with van der Waals surface area (Å²) in [5, 5.41) is 0. The van der Waals surface area contributed by atoms with Crippen LogP contribution in [0, 0.1) is 6.92 Å². The Kier molecular flexibility index (Phi) is 2.95. The van der Waals surface area contributed by atoms with Crippen LogP contribution in [0.4, 0.5) is 0 Å². The fourth-order valence-corrected chi connectivity index (χ4v) is 1.64. The molecule has 0 spiro atoms. The quantitative estimate of drug-likeness (QED) is 0.800. The molecule has 17 heavy (non-hydrogen) atoms. The summed E-state index contributed by atoms with van der Waals surface area (Å²) in [6, 6.07) is 0.